The van der Waals surface area contributed by atoms with Crippen LogP contribution in [0.3, 0.4) is 0 Å². The molecule has 1 aliphatic heterocycles. The van der Waals surface area contributed by atoms with Gasteiger partial charge in [0.25, 0.3) is 0 Å². The van der Waals surface area contributed by atoms with Gasteiger partial charge in [-0.3, -0.25) is 0 Å². The van der Waals surface area contributed by atoms with Crippen molar-refractivity contribution in [1.82, 2.24) is 4.98 Å². The van der Waals surface area contributed by atoms with E-state index in [1.807, 2.05) is 84.9 Å². The minimum absolute atomic E-state index is 0.282. The van der Waals surface area contributed by atoms with Crippen molar-refractivity contribution in [2.75, 3.05) is 6.61 Å². The molecule has 0 bridgehead atoms. The lowest BCUT2D eigenvalue weighted by atomic mass is 10.0. The van der Waals surface area contributed by atoms with E-state index in [4.69, 9.17) is 14.2 Å². The number of aromatic nitrogens is 1. The molecule has 30 heavy (non-hydrogen) atoms. The summed E-state index contributed by atoms with van der Waals surface area (Å²) in [5.74, 6) is 1.99. The maximum absolute atomic E-state index is 10.8. The molecule has 1 aliphatic rings. The van der Waals surface area contributed by atoms with Crippen molar-refractivity contribution in [3.8, 4) is 17.2 Å². The van der Waals surface area contributed by atoms with Crippen LogP contribution in [0.2, 0.25) is 0 Å². The number of benzene rings is 3. The molecule has 0 saturated heterocycles. The minimum atomic E-state index is -0.809. The van der Waals surface area contributed by atoms with E-state index in [1.54, 1.807) is 0 Å². The summed E-state index contributed by atoms with van der Waals surface area (Å²) in [6.45, 7) is 0.620. The zero-order valence-electron chi connectivity index (χ0n) is 16.3. The average Bonchev–Trinajstić information content (AvgIpc) is 2.80. The van der Waals surface area contributed by atoms with Crippen LogP contribution in [-0.2, 0) is 6.61 Å². The Kier molecular flexibility index (Phi) is 4.95. The Morgan fingerprint density at radius 3 is 2.63 bits per heavy atom. The fourth-order valence-electron chi connectivity index (χ4n) is 3.56. The molecular formula is C25H21NO4. The predicted octanol–water partition coefficient (Wildman–Crippen LogP) is 4.69. The second-order valence-electron chi connectivity index (χ2n) is 7.21. The Bertz CT molecular complexity index is 1160. The van der Waals surface area contributed by atoms with Gasteiger partial charge in [-0.25, -0.2) is 4.98 Å². The minimum Gasteiger partial charge on any atom is -0.489 e. The molecule has 0 aliphatic carbocycles. The van der Waals surface area contributed by atoms with Gasteiger partial charge in [-0.1, -0.05) is 42.5 Å². The lowest BCUT2D eigenvalue weighted by Crippen LogP contribution is -2.35. The second-order valence-corrected chi connectivity index (χ2v) is 7.21. The van der Waals surface area contributed by atoms with Crippen molar-refractivity contribution < 1.29 is 19.3 Å². The van der Waals surface area contributed by atoms with E-state index < -0.39 is 12.2 Å². The van der Waals surface area contributed by atoms with E-state index in [0.29, 0.717) is 29.4 Å². The van der Waals surface area contributed by atoms with Crippen LogP contribution in [0.15, 0.2) is 84.9 Å². The van der Waals surface area contributed by atoms with Crippen molar-refractivity contribution in [1.29, 1.82) is 0 Å². The van der Waals surface area contributed by atoms with Gasteiger partial charge in [0.05, 0.1) is 11.2 Å². The molecule has 5 rings (SSSR count). The number of aliphatic hydroxyl groups excluding tert-OH is 1. The van der Waals surface area contributed by atoms with E-state index in [2.05, 4.69) is 4.98 Å². The molecule has 150 valence electrons. The number of ether oxygens (including phenoxy) is 3. The number of aliphatic hydroxyl groups is 1. The Balaban J connectivity index is 1.30. The van der Waals surface area contributed by atoms with Gasteiger partial charge in [0.1, 0.15) is 36.6 Å². The van der Waals surface area contributed by atoms with Crippen LogP contribution in [0.1, 0.15) is 17.4 Å². The molecule has 0 unspecified atom stereocenters. The highest BCUT2D eigenvalue weighted by Crippen LogP contribution is 2.36. The summed E-state index contributed by atoms with van der Waals surface area (Å²) in [5.41, 5.74) is 2.44. The second kappa shape index (κ2) is 8.05. The van der Waals surface area contributed by atoms with E-state index in [1.165, 1.54) is 0 Å². The molecule has 0 amide bonds. The monoisotopic (exact) mass is 399 g/mol. The highest BCUT2D eigenvalue weighted by atomic mass is 16.5. The molecule has 0 fully saturated rings. The van der Waals surface area contributed by atoms with Gasteiger partial charge in [-0.2, -0.15) is 0 Å². The largest absolute Gasteiger partial charge is 0.489 e. The van der Waals surface area contributed by atoms with Crippen molar-refractivity contribution in [3.63, 3.8) is 0 Å². The number of fused-ring (bicyclic) bond motifs is 2. The SMILES string of the molecule is O[C@H]1c2cc(OCc3ccc4ccccc4n3)ccc2OC[C@H]1Oc1ccccc1. The first-order chi connectivity index (χ1) is 14.8. The van der Waals surface area contributed by atoms with Crippen LogP contribution in [0.4, 0.5) is 0 Å². The molecule has 0 saturated carbocycles. The molecule has 5 nitrogen and oxygen atoms in total. The van der Waals surface area contributed by atoms with Crippen LogP contribution in [0, 0.1) is 0 Å². The molecule has 2 atom stereocenters. The number of hydrogen-bond acceptors (Lipinski definition) is 5. The van der Waals surface area contributed by atoms with Gasteiger partial charge < -0.3 is 19.3 Å². The highest BCUT2D eigenvalue weighted by molar-refractivity contribution is 5.78. The quantitative estimate of drug-likeness (QED) is 0.528. The summed E-state index contributed by atoms with van der Waals surface area (Å²) in [6.07, 6.45) is -1.30. The number of rotatable bonds is 5. The Morgan fingerprint density at radius 2 is 1.73 bits per heavy atom. The third-order valence-electron chi connectivity index (χ3n) is 5.13. The fourth-order valence-corrected chi connectivity index (χ4v) is 3.56. The van der Waals surface area contributed by atoms with Gasteiger partial charge in [-0.15, -0.1) is 0 Å². The molecule has 0 spiro atoms. The van der Waals surface area contributed by atoms with Crippen molar-refractivity contribution >= 4 is 10.9 Å². The smallest absolute Gasteiger partial charge is 0.163 e. The predicted molar refractivity (Wildman–Crippen MR) is 114 cm³/mol. The third-order valence-corrected chi connectivity index (χ3v) is 5.13. The fraction of sp³-hybridized carbons (Fsp3) is 0.160. The summed E-state index contributed by atoms with van der Waals surface area (Å²) in [4.78, 5) is 4.63. The van der Waals surface area contributed by atoms with Crippen molar-refractivity contribution in [3.05, 3.63) is 96.2 Å². The number of pyridine rings is 1. The van der Waals surface area contributed by atoms with Gasteiger partial charge in [-0.05, 0) is 42.5 Å². The van der Waals surface area contributed by atoms with Crippen LogP contribution in [0.25, 0.3) is 10.9 Å². The summed E-state index contributed by atoms with van der Waals surface area (Å²) in [6, 6.07) is 26.9. The summed E-state index contributed by atoms with van der Waals surface area (Å²) in [5, 5.41) is 11.9. The molecule has 2 heterocycles. The Labute approximate surface area is 174 Å². The van der Waals surface area contributed by atoms with Crippen LogP contribution in [-0.4, -0.2) is 22.8 Å². The first-order valence-corrected chi connectivity index (χ1v) is 9.90. The normalized spacial score (nSPS) is 17.8. The number of hydrogen-bond donors (Lipinski definition) is 1. The summed E-state index contributed by atoms with van der Waals surface area (Å²) >= 11 is 0. The summed E-state index contributed by atoms with van der Waals surface area (Å²) in [7, 11) is 0. The maximum Gasteiger partial charge on any atom is 0.163 e. The molecule has 3 aromatic carbocycles. The van der Waals surface area contributed by atoms with E-state index >= 15 is 0 Å². The van der Waals surface area contributed by atoms with Gasteiger partial charge >= 0.3 is 0 Å². The molecular weight excluding hydrogens is 378 g/mol. The summed E-state index contributed by atoms with van der Waals surface area (Å²) < 4.78 is 17.6. The van der Waals surface area contributed by atoms with Crippen molar-refractivity contribution in [2.24, 2.45) is 0 Å². The molecule has 0 radical (unpaired) electrons. The molecule has 1 aromatic heterocycles. The van der Waals surface area contributed by atoms with Gasteiger partial charge in [0.2, 0.25) is 0 Å². The lowest BCUT2D eigenvalue weighted by Gasteiger charge is -2.30. The standard InChI is InChI=1S/C25H21NO4/c27-25-21-14-20(28-15-18-11-10-17-6-4-5-9-22(17)26-18)12-13-23(21)29-16-24(25)30-19-7-2-1-3-8-19/h1-14,24-25,27H,15-16H2/t24-,25+/m1/s1. The zero-order valence-corrected chi connectivity index (χ0v) is 16.3. The van der Waals surface area contributed by atoms with Crippen LogP contribution < -0.4 is 14.2 Å². The molecule has 5 heteroatoms. The average molecular weight is 399 g/mol. The topological polar surface area (TPSA) is 60.8 Å². The van der Waals surface area contributed by atoms with Gasteiger partial charge in [0.15, 0.2) is 6.10 Å². The lowest BCUT2D eigenvalue weighted by molar-refractivity contribution is -0.0104. The third kappa shape index (κ3) is 3.80. The van der Waals surface area contributed by atoms with E-state index in [9.17, 15) is 5.11 Å². The van der Waals surface area contributed by atoms with Gasteiger partial charge in [0, 0.05) is 10.9 Å². The Morgan fingerprint density at radius 1 is 0.900 bits per heavy atom. The highest BCUT2D eigenvalue weighted by Gasteiger charge is 2.31. The maximum atomic E-state index is 10.8. The van der Waals surface area contributed by atoms with Crippen molar-refractivity contribution in [2.45, 2.75) is 18.8 Å². The zero-order chi connectivity index (χ0) is 20.3. The first kappa shape index (κ1) is 18.5. The molecule has 1 N–H and O–H groups in total. The van der Waals surface area contributed by atoms with E-state index in [-0.39, 0.29) is 6.61 Å². The first-order valence-electron chi connectivity index (χ1n) is 9.90. The van der Waals surface area contributed by atoms with Crippen LogP contribution in [0.5, 0.6) is 17.2 Å². The molecule has 4 aromatic rings. The van der Waals surface area contributed by atoms with Crippen LogP contribution >= 0.6 is 0 Å². The number of para-hydroxylation sites is 2. The number of nitrogens with zero attached hydrogens (tertiary/aromatic N) is 1. The Hall–Kier alpha value is -3.57. The van der Waals surface area contributed by atoms with E-state index in [0.717, 1.165) is 16.6 Å².